The summed E-state index contributed by atoms with van der Waals surface area (Å²) in [5, 5.41) is 2.96. The van der Waals surface area contributed by atoms with Crippen LogP contribution in [-0.2, 0) is 19.0 Å². The van der Waals surface area contributed by atoms with E-state index in [2.05, 4.69) is 5.32 Å². The molecule has 0 rings (SSSR count). The first-order chi connectivity index (χ1) is 8.00. The topological polar surface area (TPSA) is 56.8 Å². The van der Waals surface area contributed by atoms with Gasteiger partial charge in [-0.25, -0.2) is 0 Å². The van der Waals surface area contributed by atoms with Gasteiger partial charge in [0.15, 0.2) is 0 Å². The maximum absolute atomic E-state index is 11.5. The van der Waals surface area contributed by atoms with Crippen LogP contribution in [0.3, 0.4) is 0 Å². The van der Waals surface area contributed by atoms with Crippen LogP contribution in [0, 0.1) is 0 Å². The standard InChI is InChI=1S/C12H25NO4/c1-6-16-9-10(2)17-8-7-12(3,13-4)11(14)15-5/h10,13H,6-9H2,1-5H3. The maximum Gasteiger partial charge on any atom is 0.325 e. The molecule has 0 spiro atoms. The largest absolute Gasteiger partial charge is 0.468 e. The van der Waals surface area contributed by atoms with Crippen LogP contribution in [0.25, 0.3) is 0 Å². The zero-order chi connectivity index (χ0) is 13.3. The number of carbonyl (C=O) groups is 1. The molecule has 1 N–H and O–H groups in total. The lowest BCUT2D eigenvalue weighted by Gasteiger charge is -2.26. The first kappa shape index (κ1) is 16.4. The third-order valence-corrected chi connectivity index (χ3v) is 2.75. The highest BCUT2D eigenvalue weighted by molar-refractivity contribution is 5.80. The zero-order valence-electron chi connectivity index (χ0n) is 11.5. The zero-order valence-corrected chi connectivity index (χ0v) is 11.5. The van der Waals surface area contributed by atoms with Crippen molar-refractivity contribution in [3.05, 3.63) is 0 Å². The molecule has 0 radical (unpaired) electrons. The molecule has 0 saturated carbocycles. The van der Waals surface area contributed by atoms with E-state index in [4.69, 9.17) is 14.2 Å². The molecule has 0 aliphatic rings. The Bertz CT molecular complexity index is 223. The molecule has 17 heavy (non-hydrogen) atoms. The highest BCUT2D eigenvalue weighted by atomic mass is 16.5. The molecule has 0 heterocycles. The summed E-state index contributed by atoms with van der Waals surface area (Å²) in [5.41, 5.74) is -0.694. The molecular formula is C12H25NO4. The SMILES string of the molecule is CCOCC(C)OCCC(C)(NC)C(=O)OC. The number of hydrogen-bond acceptors (Lipinski definition) is 5. The van der Waals surface area contributed by atoms with E-state index in [-0.39, 0.29) is 12.1 Å². The van der Waals surface area contributed by atoms with Crippen molar-refractivity contribution in [2.45, 2.75) is 38.8 Å². The third kappa shape index (κ3) is 6.00. The van der Waals surface area contributed by atoms with E-state index in [1.165, 1.54) is 7.11 Å². The Morgan fingerprint density at radius 1 is 1.47 bits per heavy atom. The van der Waals surface area contributed by atoms with E-state index in [9.17, 15) is 4.79 Å². The van der Waals surface area contributed by atoms with Crippen molar-refractivity contribution in [3.8, 4) is 0 Å². The van der Waals surface area contributed by atoms with Crippen LogP contribution in [0.2, 0.25) is 0 Å². The molecule has 0 fully saturated rings. The predicted molar refractivity (Wildman–Crippen MR) is 66.0 cm³/mol. The highest BCUT2D eigenvalue weighted by Gasteiger charge is 2.32. The van der Waals surface area contributed by atoms with Gasteiger partial charge in [0.25, 0.3) is 0 Å². The minimum absolute atomic E-state index is 0.0358. The van der Waals surface area contributed by atoms with Gasteiger partial charge >= 0.3 is 5.97 Å². The molecule has 0 aromatic carbocycles. The lowest BCUT2D eigenvalue weighted by Crippen LogP contribution is -2.49. The quantitative estimate of drug-likeness (QED) is 0.615. The third-order valence-electron chi connectivity index (χ3n) is 2.75. The predicted octanol–water partition coefficient (Wildman–Crippen LogP) is 0.969. The first-order valence-electron chi connectivity index (χ1n) is 5.96. The van der Waals surface area contributed by atoms with Crippen LogP contribution in [0.1, 0.15) is 27.2 Å². The minimum Gasteiger partial charge on any atom is -0.468 e. The van der Waals surface area contributed by atoms with Crippen LogP contribution in [0.5, 0.6) is 0 Å². The monoisotopic (exact) mass is 247 g/mol. The number of hydrogen-bond donors (Lipinski definition) is 1. The van der Waals surface area contributed by atoms with Gasteiger partial charge in [-0.15, -0.1) is 0 Å². The van der Waals surface area contributed by atoms with Crippen LogP contribution in [0.4, 0.5) is 0 Å². The summed E-state index contributed by atoms with van der Waals surface area (Å²) in [6, 6.07) is 0. The molecule has 0 amide bonds. The van der Waals surface area contributed by atoms with Gasteiger partial charge in [-0.05, 0) is 34.2 Å². The van der Waals surface area contributed by atoms with E-state index in [0.29, 0.717) is 26.2 Å². The van der Waals surface area contributed by atoms with Crippen molar-refractivity contribution >= 4 is 5.97 Å². The molecule has 5 nitrogen and oxygen atoms in total. The lowest BCUT2D eigenvalue weighted by atomic mass is 9.99. The Labute approximate surface area is 104 Å². The number of nitrogens with one attached hydrogen (secondary N) is 1. The Hall–Kier alpha value is -0.650. The van der Waals surface area contributed by atoms with Gasteiger partial charge in [0.2, 0.25) is 0 Å². The average Bonchev–Trinajstić information content (AvgIpc) is 2.34. The number of carbonyl (C=O) groups excluding carboxylic acids is 1. The molecule has 0 aliphatic carbocycles. The fourth-order valence-corrected chi connectivity index (χ4v) is 1.35. The second-order valence-corrected chi connectivity index (χ2v) is 4.16. The van der Waals surface area contributed by atoms with Gasteiger partial charge < -0.3 is 19.5 Å². The van der Waals surface area contributed by atoms with Crippen LogP contribution in [-0.4, -0.2) is 51.6 Å². The van der Waals surface area contributed by atoms with Crippen molar-refractivity contribution in [3.63, 3.8) is 0 Å². The molecule has 0 saturated heterocycles. The fraction of sp³-hybridized carbons (Fsp3) is 0.917. The summed E-state index contributed by atoms with van der Waals surface area (Å²) in [5.74, 6) is -0.277. The van der Waals surface area contributed by atoms with Crippen LogP contribution >= 0.6 is 0 Å². The van der Waals surface area contributed by atoms with E-state index in [1.54, 1.807) is 14.0 Å². The smallest absolute Gasteiger partial charge is 0.325 e. The Morgan fingerprint density at radius 2 is 2.12 bits per heavy atom. The Balaban J connectivity index is 3.95. The molecule has 5 heteroatoms. The van der Waals surface area contributed by atoms with Gasteiger partial charge in [0.05, 0.1) is 19.8 Å². The van der Waals surface area contributed by atoms with E-state index in [1.807, 2.05) is 13.8 Å². The number of likely N-dealkylation sites (N-methyl/N-ethyl adjacent to an activating group) is 1. The first-order valence-corrected chi connectivity index (χ1v) is 5.96. The van der Waals surface area contributed by atoms with Gasteiger partial charge in [0.1, 0.15) is 5.54 Å². The molecule has 2 unspecified atom stereocenters. The number of esters is 1. The van der Waals surface area contributed by atoms with Crippen molar-refractivity contribution in [1.82, 2.24) is 5.32 Å². The highest BCUT2D eigenvalue weighted by Crippen LogP contribution is 2.11. The van der Waals surface area contributed by atoms with Crippen molar-refractivity contribution in [1.29, 1.82) is 0 Å². The van der Waals surface area contributed by atoms with Gasteiger partial charge in [-0.2, -0.15) is 0 Å². The Morgan fingerprint density at radius 3 is 2.59 bits per heavy atom. The maximum atomic E-state index is 11.5. The average molecular weight is 247 g/mol. The van der Waals surface area contributed by atoms with Crippen LogP contribution < -0.4 is 5.32 Å². The summed E-state index contributed by atoms with van der Waals surface area (Å²) in [6.45, 7) is 7.44. The normalized spacial score (nSPS) is 16.3. The summed E-state index contributed by atoms with van der Waals surface area (Å²) in [7, 11) is 3.12. The van der Waals surface area contributed by atoms with Crippen molar-refractivity contribution < 1.29 is 19.0 Å². The second kappa shape index (κ2) is 8.44. The molecule has 0 aromatic heterocycles. The van der Waals surface area contributed by atoms with E-state index >= 15 is 0 Å². The van der Waals surface area contributed by atoms with Crippen LogP contribution in [0.15, 0.2) is 0 Å². The number of methoxy groups -OCH3 is 1. The van der Waals surface area contributed by atoms with E-state index in [0.717, 1.165) is 0 Å². The summed E-state index contributed by atoms with van der Waals surface area (Å²) in [4.78, 5) is 11.5. The Kier molecular flexibility index (Phi) is 8.12. The van der Waals surface area contributed by atoms with Gasteiger partial charge in [-0.3, -0.25) is 4.79 Å². The molecule has 0 aliphatic heterocycles. The summed E-state index contributed by atoms with van der Waals surface area (Å²) >= 11 is 0. The molecule has 0 bridgehead atoms. The fourth-order valence-electron chi connectivity index (χ4n) is 1.35. The van der Waals surface area contributed by atoms with Crippen molar-refractivity contribution in [2.24, 2.45) is 0 Å². The summed E-state index contributed by atoms with van der Waals surface area (Å²) in [6.07, 6.45) is 0.598. The molecular weight excluding hydrogens is 222 g/mol. The van der Waals surface area contributed by atoms with Gasteiger partial charge in [0, 0.05) is 13.2 Å². The van der Waals surface area contributed by atoms with Crippen molar-refractivity contribution in [2.75, 3.05) is 34.0 Å². The van der Waals surface area contributed by atoms with E-state index < -0.39 is 5.54 Å². The second-order valence-electron chi connectivity index (χ2n) is 4.16. The minimum atomic E-state index is -0.694. The number of rotatable bonds is 9. The number of ether oxygens (including phenoxy) is 3. The summed E-state index contributed by atoms with van der Waals surface area (Å²) < 4.78 is 15.6. The molecule has 2 atom stereocenters. The lowest BCUT2D eigenvalue weighted by molar-refractivity contribution is -0.148. The molecule has 0 aromatic rings. The van der Waals surface area contributed by atoms with Gasteiger partial charge in [-0.1, -0.05) is 0 Å². The molecule has 102 valence electrons.